The van der Waals surface area contributed by atoms with E-state index in [2.05, 4.69) is 53.1 Å². The van der Waals surface area contributed by atoms with Gasteiger partial charge in [-0.3, -0.25) is 18.2 Å². The maximum Gasteiger partial charge on any atom is 0.250 e. The minimum Gasteiger partial charge on any atom is -0.395 e. The van der Waals surface area contributed by atoms with Crippen molar-refractivity contribution in [2.45, 2.75) is 54.1 Å². The van der Waals surface area contributed by atoms with Gasteiger partial charge >= 0.3 is 0 Å². The molecule has 2 unspecified atom stereocenters. The minimum absolute atomic E-state index is 0.0278. The SMILES string of the molecule is Cc1cc(Nc2nc(C3=CCCNC3)cn3c(-c4cnn(CC5CC5NS(=O)(=O)c5sc(Nc6nc(C7=CCCNC7)cn7c(-c8cnn(C)c8)cnc67)cc5C)c4)cnc23)sc1S(=O)(=O)NCCO. The molecule has 0 bridgehead atoms. The second-order valence-electron chi connectivity index (χ2n) is 17.6. The average molecular weight is 1020 g/mol. The second-order valence-corrected chi connectivity index (χ2v) is 23.6. The third-order valence-electron chi connectivity index (χ3n) is 12.4. The van der Waals surface area contributed by atoms with Crippen LogP contribution in [0.15, 0.2) is 82.3 Å². The first-order chi connectivity index (χ1) is 33.8. The summed E-state index contributed by atoms with van der Waals surface area (Å²) in [7, 11) is -5.82. The van der Waals surface area contributed by atoms with Crippen LogP contribution >= 0.6 is 22.7 Å². The fraction of sp³-hybridized carbons (Fsp3) is 0.333. The van der Waals surface area contributed by atoms with E-state index in [4.69, 9.17) is 19.9 Å². The number of hydrogen-bond donors (Lipinski definition) is 7. The van der Waals surface area contributed by atoms with Crippen molar-refractivity contribution < 1.29 is 21.9 Å². The fourth-order valence-corrected chi connectivity index (χ4v) is 14.5. The lowest BCUT2D eigenvalue weighted by molar-refractivity contribution is 0.301. The Morgan fingerprint density at radius 2 is 1.30 bits per heavy atom. The molecule has 10 heterocycles. The maximum absolute atomic E-state index is 14.0. The molecule has 364 valence electrons. The van der Waals surface area contributed by atoms with Crippen LogP contribution in [0.25, 0.3) is 45.0 Å². The molecule has 0 amide bonds. The van der Waals surface area contributed by atoms with Crippen molar-refractivity contribution >= 4 is 86.8 Å². The molecule has 0 spiro atoms. The van der Waals surface area contributed by atoms with E-state index in [0.717, 1.165) is 93.7 Å². The molecular weight excluding hydrogens is 973 g/mol. The smallest absolute Gasteiger partial charge is 0.250 e. The quantitative estimate of drug-likeness (QED) is 0.0655. The molecule has 2 aliphatic heterocycles. The highest BCUT2D eigenvalue weighted by Gasteiger charge is 2.41. The van der Waals surface area contributed by atoms with E-state index in [9.17, 15) is 21.9 Å². The van der Waals surface area contributed by atoms with Gasteiger partial charge in [-0.1, -0.05) is 12.2 Å². The van der Waals surface area contributed by atoms with Gasteiger partial charge in [0, 0.05) is 75.2 Å². The largest absolute Gasteiger partial charge is 0.395 e. The van der Waals surface area contributed by atoms with Gasteiger partial charge in [0.25, 0.3) is 10.0 Å². The summed E-state index contributed by atoms with van der Waals surface area (Å²) in [6.07, 6.45) is 21.7. The Bertz CT molecular complexity index is 3600. The molecule has 8 aromatic rings. The summed E-state index contributed by atoms with van der Waals surface area (Å²) in [5, 5.41) is 33.0. The second kappa shape index (κ2) is 18.5. The molecule has 3 aliphatic rings. The number of nitrogens with zero attached hydrogens (tertiary/aromatic N) is 10. The van der Waals surface area contributed by atoms with E-state index < -0.39 is 20.0 Å². The predicted molar refractivity (Wildman–Crippen MR) is 269 cm³/mol. The van der Waals surface area contributed by atoms with Gasteiger partial charge in [-0.2, -0.15) is 10.2 Å². The van der Waals surface area contributed by atoms with Gasteiger partial charge in [-0.25, -0.2) is 46.2 Å². The third-order valence-corrected chi connectivity index (χ3v) is 18.9. The summed E-state index contributed by atoms with van der Waals surface area (Å²) in [5.41, 5.74) is 9.30. The van der Waals surface area contributed by atoms with Gasteiger partial charge in [0.05, 0.1) is 64.2 Å². The number of hydrogen-bond acceptors (Lipinski definition) is 17. The van der Waals surface area contributed by atoms with Crippen LogP contribution in [0.1, 0.15) is 41.8 Å². The first-order valence-corrected chi connectivity index (χ1v) is 27.4. The lowest BCUT2D eigenvalue weighted by Crippen LogP contribution is -2.27. The highest BCUT2D eigenvalue weighted by atomic mass is 32.3. The molecule has 0 saturated heterocycles. The molecular formula is C45H50N16O5S4. The molecule has 25 heteroatoms. The number of rotatable bonds is 17. The number of thiophene rings is 2. The Morgan fingerprint density at radius 3 is 1.83 bits per heavy atom. The molecule has 70 heavy (non-hydrogen) atoms. The Morgan fingerprint density at radius 1 is 0.743 bits per heavy atom. The Balaban J connectivity index is 0.800. The third kappa shape index (κ3) is 9.19. The summed E-state index contributed by atoms with van der Waals surface area (Å²) in [6, 6.07) is 3.32. The van der Waals surface area contributed by atoms with E-state index in [1.807, 2.05) is 51.4 Å². The standard InChI is InChI=1S/C45H50N16O5S4/c1-26-12-38(67-44(26)69(63,64)52-10-11-62)55-41-43-49-20-37(61(43)25-35(54-41)29-7-5-9-47-16-29)32-18-51-59(23-32)22-30-14-33(30)57-70(65,66)45-27(2)13-39(68-45)56-40-42-48-19-36(31-17-50-58(3)21-31)60(42)24-34(53-40)28-6-4-8-46-15-28/h6-7,12-13,17-21,23-25,30,33,46-47,52,57,62H,4-5,8-11,14-16,22H2,1-3H3,(H,53,56)(H,54,55). The van der Waals surface area contributed by atoms with Gasteiger partial charge in [0.1, 0.15) is 8.42 Å². The summed E-state index contributed by atoms with van der Waals surface area (Å²) in [6.45, 7) is 6.73. The topological polar surface area (TPSA) is 257 Å². The normalized spacial score (nSPS) is 17.6. The summed E-state index contributed by atoms with van der Waals surface area (Å²) < 4.78 is 67.2. The van der Waals surface area contributed by atoms with Crippen molar-refractivity contribution in [2.24, 2.45) is 13.0 Å². The molecule has 8 aromatic heterocycles. The highest BCUT2D eigenvalue weighted by Crippen LogP contribution is 2.39. The number of imidazole rings is 2. The number of nitrogens with one attached hydrogen (secondary N) is 6. The van der Waals surface area contributed by atoms with Crippen LogP contribution in [0, 0.1) is 19.8 Å². The first-order valence-electron chi connectivity index (χ1n) is 22.8. The van der Waals surface area contributed by atoms with E-state index in [0.29, 0.717) is 70.1 Å². The lowest BCUT2D eigenvalue weighted by atomic mass is 10.1. The molecule has 1 fully saturated rings. The van der Waals surface area contributed by atoms with E-state index in [1.165, 1.54) is 0 Å². The summed E-state index contributed by atoms with van der Waals surface area (Å²) >= 11 is 2.23. The molecule has 11 rings (SSSR count). The number of aliphatic hydroxyl groups is 1. The zero-order chi connectivity index (χ0) is 48.3. The van der Waals surface area contributed by atoms with Crippen LogP contribution in [-0.4, -0.2) is 116 Å². The average Bonchev–Trinajstić information content (AvgIpc) is 4.08. The fourth-order valence-electron chi connectivity index (χ4n) is 8.86. The van der Waals surface area contributed by atoms with Crippen molar-refractivity contribution in [1.82, 2.24) is 68.4 Å². The predicted octanol–water partition coefficient (Wildman–Crippen LogP) is 4.65. The number of aromatic nitrogens is 10. The van der Waals surface area contributed by atoms with Crippen molar-refractivity contribution in [3.8, 4) is 22.5 Å². The Hall–Kier alpha value is -6.16. The van der Waals surface area contributed by atoms with Crippen LogP contribution in [0.5, 0.6) is 0 Å². The molecule has 21 nitrogen and oxygen atoms in total. The Labute approximate surface area is 410 Å². The van der Waals surface area contributed by atoms with Crippen LogP contribution in [0.4, 0.5) is 21.6 Å². The van der Waals surface area contributed by atoms with E-state index in [1.54, 1.807) is 49.4 Å². The van der Waals surface area contributed by atoms with E-state index >= 15 is 0 Å². The zero-order valence-corrected chi connectivity index (χ0v) is 41.6. The van der Waals surface area contributed by atoms with Crippen LogP contribution < -0.4 is 30.7 Å². The van der Waals surface area contributed by atoms with Crippen molar-refractivity contribution in [3.63, 3.8) is 0 Å². The van der Waals surface area contributed by atoms with Gasteiger partial charge in [0.15, 0.2) is 22.9 Å². The van der Waals surface area contributed by atoms with Gasteiger partial charge < -0.3 is 26.4 Å². The van der Waals surface area contributed by atoms with E-state index in [-0.39, 0.29) is 33.5 Å². The van der Waals surface area contributed by atoms with Crippen LogP contribution in [-0.2, 0) is 33.6 Å². The number of fused-ring (bicyclic) bond motifs is 2. The number of anilines is 4. The molecule has 2 atom stereocenters. The zero-order valence-electron chi connectivity index (χ0n) is 38.3. The molecule has 0 aromatic carbocycles. The first kappa shape index (κ1) is 46.2. The number of aryl methyl sites for hydroxylation is 3. The summed E-state index contributed by atoms with van der Waals surface area (Å²) in [4.78, 5) is 19.5. The molecule has 1 saturated carbocycles. The highest BCUT2D eigenvalue weighted by molar-refractivity contribution is 7.92. The molecule has 7 N–H and O–H groups in total. The van der Waals surface area contributed by atoms with Crippen LogP contribution in [0.2, 0.25) is 0 Å². The molecule has 0 radical (unpaired) electrons. The minimum atomic E-state index is -3.87. The van der Waals surface area contributed by atoms with Gasteiger partial charge in [0.2, 0.25) is 10.0 Å². The van der Waals surface area contributed by atoms with Crippen molar-refractivity contribution in [3.05, 3.63) is 96.4 Å². The van der Waals surface area contributed by atoms with Gasteiger partial charge in [-0.15, -0.1) is 22.7 Å². The van der Waals surface area contributed by atoms with Crippen molar-refractivity contribution in [1.29, 1.82) is 0 Å². The number of sulfonamides is 2. The Kier molecular flexibility index (Phi) is 12.2. The van der Waals surface area contributed by atoms with Gasteiger partial charge in [-0.05, 0) is 86.5 Å². The monoisotopic (exact) mass is 1020 g/mol. The van der Waals surface area contributed by atoms with Crippen LogP contribution in [0.3, 0.4) is 0 Å². The number of aliphatic hydroxyl groups excluding tert-OH is 1. The molecule has 1 aliphatic carbocycles. The lowest BCUT2D eigenvalue weighted by Gasteiger charge is -2.16. The van der Waals surface area contributed by atoms with Crippen molar-refractivity contribution in [2.75, 3.05) is 50.0 Å². The summed E-state index contributed by atoms with van der Waals surface area (Å²) in [5.74, 6) is 0.997. The maximum atomic E-state index is 14.0.